The fourth-order valence-corrected chi connectivity index (χ4v) is 4.14. The lowest BCUT2D eigenvalue weighted by molar-refractivity contribution is -0.119. The number of hydrogen-bond acceptors (Lipinski definition) is 5. The number of rotatable bonds is 10. The van der Waals surface area contributed by atoms with Gasteiger partial charge in [0.05, 0.1) is 11.4 Å². The molecule has 0 radical (unpaired) electrons. The van der Waals surface area contributed by atoms with Crippen LogP contribution in [0.2, 0.25) is 0 Å². The van der Waals surface area contributed by atoms with Crippen molar-refractivity contribution in [3.63, 3.8) is 0 Å². The number of carbonyl (C=O) groups excluding carboxylic acids is 1. The third-order valence-electron chi connectivity index (χ3n) is 5.01. The van der Waals surface area contributed by atoms with Gasteiger partial charge in [0.1, 0.15) is 17.9 Å². The van der Waals surface area contributed by atoms with Crippen molar-refractivity contribution in [3.05, 3.63) is 89.5 Å². The highest BCUT2D eigenvalue weighted by Gasteiger charge is 2.16. The monoisotopic (exact) mass is 489 g/mol. The standard InChI is InChI=1S/C24H25F2N3O4S/c1-16-6-9-18(10-7-16)34(32,33)29-15-23(30)27-12-13-28-24(31)20-14-17(8-11-22(20)26)19-4-2-3-5-21(19)25/h2-11,14,24,28-29,31H,12-13,15H2,1H3,(H,27,30). The molecule has 0 bridgehead atoms. The highest BCUT2D eigenvalue weighted by Crippen LogP contribution is 2.26. The Morgan fingerprint density at radius 2 is 1.68 bits per heavy atom. The van der Waals surface area contributed by atoms with Crippen molar-refractivity contribution in [1.82, 2.24) is 15.4 Å². The molecule has 0 aliphatic carbocycles. The van der Waals surface area contributed by atoms with Crippen molar-refractivity contribution in [1.29, 1.82) is 0 Å². The number of aryl methyl sites for hydroxylation is 1. The van der Waals surface area contributed by atoms with E-state index in [9.17, 15) is 27.1 Å². The van der Waals surface area contributed by atoms with Gasteiger partial charge in [-0.3, -0.25) is 10.1 Å². The van der Waals surface area contributed by atoms with Gasteiger partial charge < -0.3 is 10.4 Å². The van der Waals surface area contributed by atoms with Crippen LogP contribution in [0.1, 0.15) is 17.4 Å². The highest BCUT2D eigenvalue weighted by atomic mass is 32.2. The van der Waals surface area contributed by atoms with Crippen molar-refractivity contribution in [2.24, 2.45) is 0 Å². The Balaban J connectivity index is 1.48. The number of benzene rings is 3. The third kappa shape index (κ3) is 6.67. The summed E-state index contributed by atoms with van der Waals surface area (Å²) in [6, 6.07) is 16.1. The molecule has 3 rings (SSSR count). The molecule has 0 aliphatic rings. The van der Waals surface area contributed by atoms with Gasteiger partial charge in [0.2, 0.25) is 15.9 Å². The second-order valence-corrected chi connectivity index (χ2v) is 9.33. The first kappa shape index (κ1) is 25.4. The first-order valence-corrected chi connectivity index (χ1v) is 11.9. The maximum atomic E-state index is 14.2. The molecule has 34 heavy (non-hydrogen) atoms. The number of nitrogens with one attached hydrogen (secondary N) is 3. The van der Waals surface area contributed by atoms with Crippen LogP contribution in [0, 0.1) is 18.6 Å². The van der Waals surface area contributed by atoms with Gasteiger partial charge in [-0.1, -0.05) is 42.0 Å². The third-order valence-corrected chi connectivity index (χ3v) is 6.43. The SMILES string of the molecule is Cc1ccc(S(=O)(=O)NCC(=O)NCCNC(O)c2cc(-c3ccccc3F)ccc2F)cc1. The highest BCUT2D eigenvalue weighted by molar-refractivity contribution is 7.89. The summed E-state index contributed by atoms with van der Waals surface area (Å²) in [7, 11) is -3.82. The first-order chi connectivity index (χ1) is 16.2. The topological polar surface area (TPSA) is 108 Å². The molecule has 0 saturated carbocycles. The van der Waals surface area contributed by atoms with E-state index in [1.807, 2.05) is 6.92 Å². The quantitative estimate of drug-likeness (QED) is 0.259. The largest absolute Gasteiger partial charge is 0.374 e. The summed E-state index contributed by atoms with van der Waals surface area (Å²) >= 11 is 0. The summed E-state index contributed by atoms with van der Waals surface area (Å²) in [4.78, 5) is 12.0. The Labute approximate surface area is 196 Å². The van der Waals surface area contributed by atoms with Crippen molar-refractivity contribution in [3.8, 4) is 11.1 Å². The second kappa shape index (κ2) is 11.3. The number of aliphatic hydroxyl groups is 1. The van der Waals surface area contributed by atoms with Gasteiger partial charge in [0.25, 0.3) is 0 Å². The Bertz CT molecular complexity index is 1250. The fourth-order valence-electron chi connectivity index (χ4n) is 3.16. The van der Waals surface area contributed by atoms with Crippen LogP contribution in [0.4, 0.5) is 8.78 Å². The molecule has 0 aromatic heterocycles. The minimum atomic E-state index is -3.82. The predicted octanol–water partition coefficient (Wildman–Crippen LogP) is 2.62. The lowest BCUT2D eigenvalue weighted by Gasteiger charge is -2.16. The van der Waals surface area contributed by atoms with Crippen molar-refractivity contribution in [2.75, 3.05) is 19.6 Å². The van der Waals surface area contributed by atoms with E-state index in [4.69, 9.17) is 0 Å². The van der Waals surface area contributed by atoms with E-state index in [2.05, 4.69) is 15.4 Å². The molecule has 180 valence electrons. The van der Waals surface area contributed by atoms with Crippen LogP contribution in [-0.4, -0.2) is 39.1 Å². The summed E-state index contributed by atoms with van der Waals surface area (Å²) < 4.78 is 54.9. The molecule has 0 fully saturated rings. The Kier molecular flexibility index (Phi) is 8.46. The van der Waals surface area contributed by atoms with Crippen molar-refractivity contribution >= 4 is 15.9 Å². The number of sulfonamides is 1. The molecule has 0 heterocycles. The van der Waals surface area contributed by atoms with Crippen LogP contribution in [0.25, 0.3) is 11.1 Å². The molecule has 4 N–H and O–H groups in total. The fraction of sp³-hybridized carbons (Fsp3) is 0.208. The van der Waals surface area contributed by atoms with Gasteiger partial charge in [0, 0.05) is 24.2 Å². The lowest BCUT2D eigenvalue weighted by Crippen LogP contribution is -2.40. The lowest BCUT2D eigenvalue weighted by atomic mass is 10.0. The summed E-state index contributed by atoms with van der Waals surface area (Å²) in [6.07, 6.45) is -1.40. The van der Waals surface area contributed by atoms with Crippen LogP contribution in [0.5, 0.6) is 0 Å². The second-order valence-electron chi connectivity index (χ2n) is 7.56. The summed E-state index contributed by atoms with van der Waals surface area (Å²) in [5.74, 6) is -1.71. The zero-order valence-electron chi connectivity index (χ0n) is 18.4. The van der Waals surface area contributed by atoms with E-state index in [0.717, 1.165) is 11.6 Å². The van der Waals surface area contributed by atoms with Gasteiger partial charge in [-0.05, 0) is 42.8 Å². The number of carbonyl (C=O) groups is 1. The molecule has 1 amide bonds. The van der Waals surface area contributed by atoms with Gasteiger partial charge >= 0.3 is 0 Å². The van der Waals surface area contributed by atoms with E-state index in [1.165, 1.54) is 30.3 Å². The molecule has 3 aromatic rings. The molecule has 0 aliphatic heterocycles. The molecule has 10 heteroatoms. The van der Waals surface area contributed by atoms with E-state index in [1.54, 1.807) is 30.3 Å². The van der Waals surface area contributed by atoms with E-state index < -0.39 is 40.3 Å². The Morgan fingerprint density at radius 1 is 0.971 bits per heavy atom. The summed E-state index contributed by atoms with van der Waals surface area (Å²) in [5, 5.41) is 15.5. The molecule has 1 unspecified atom stereocenters. The van der Waals surface area contributed by atoms with Gasteiger partial charge in [-0.15, -0.1) is 0 Å². The maximum Gasteiger partial charge on any atom is 0.241 e. The summed E-state index contributed by atoms with van der Waals surface area (Å²) in [6.45, 7) is 1.49. The van der Waals surface area contributed by atoms with Crippen LogP contribution < -0.4 is 15.4 Å². The minimum absolute atomic E-state index is 0.0512. The van der Waals surface area contributed by atoms with E-state index in [0.29, 0.717) is 5.56 Å². The minimum Gasteiger partial charge on any atom is -0.374 e. The number of halogens is 2. The molecule has 7 nitrogen and oxygen atoms in total. The average molecular weight is 490 g/mol. The number of aliphatic hydroxyl groups excluding tert-OH is 1. The average Bonchev–Trinajstić information content (AvgIpc) is 2.81. The van der Waals surface area contributed by atoms with E-state index in [-0.39, 0.29) is 29.1 Å². The maximum absolute atomic E-state index is 14.2. The summed E-state index contributed by atoms with van der Waals surface area (Å²) in [5.41, 5.74) is 1.52. The van der Waals surface area contributed by atoms with Gasteiger partial charge in [-0.25, -0.2) is 21.9 Å². The van der Waals surface area contributed by atoms with Crippen LogP contribution in [-0.2, 0) is 14.8 Å². The molecular formula is C24H25F2N3O4S. The van der Waals surface area contributed by atoms with Gasteiger partial charge in [0.15, 0.2) is 0 Å². The Hall–Kier alpha value is -3.18. The predicted molar refractivity (Wildman–Crippen MR) is 124 cm³/mol. The van der Waals surface area contributed by atoms with Crippen LogP contribution in [0.15, 0.2) is 71.6 Å². The zero-order chi connectivity index (χ0) is 24.7. The Morgan fingerprint density at radius 3 is 2.38 bits per heavy atom. The van der Waals surface area contributed by atoms with Gasteiger partial charge in [-0.2, -0.15) is 0 Å². The van der Waals surface area contributed by atoms with Crippen LogP contribution >= 0.6 is 0 Å². The molecule has 0 saturated heterocycles. The first-order valence-electron chi connectivity index (χ1n) is 10.5. The zero-order valence-corrected chi connectivity index (χ0v) is 19.2. The molecular weight excluding hydrogens is 464 g/mol. The van der Waals surface area contributed by atoms with Crippen molar-refractivity contribution in [2.45, 2.75) is 18.0 Å². The number of hydrogen-bond donors (Lipinski definition) is 4. The molecule has 3 aromatic carbocycles. The molecule has 1 atom stereocenters. The van der Waals surface area contributed by atoms with Crippen molar-refractivity contribution < 1.29 is 27.1 Å². The van der Waals surface area contributed by atoms with Crippen LogP contribution in [0.3, 0.4) is 0 Å². The number of amides is 1. The van der Waals surface area contributed by atoms with E-state index >= 15 is 0 Å². The smallest absolute Gasteiger partial charge is 0.241 e. The molecule has 0 spiro atoms. The normalized spacial score (nSPS) is 12.4.